The largest absolute Gasteiger partial charge is 0.416 e. The number of nitrogens with zero attached hydrogens (tertiary/aromatic N) is 1. The zero-order valence-corrected chi connectivity index (χ0v) is 11.1. The molecule has 1 N–H and O–H groups in total. The smallest absolute Gasteiger partial charge is 0.295 e. The van der Waals surface area contributed by atoms with Crippen molar-refractivity contribution in [2.45, 2.75) is 50.4 Å². The van der Waals surface area contributed by atoms with Gasteiger partial charge in [-0.15, -0.1) is 0 Å². The standard InChI is InChI=1S/C15H17F3N2/c16-15(17,18)13-9-5-4-8-12(13)14(10-19)20-11-6-2-1-3-7-11/h4-5,8-9,11,14,20H,1-3,6-7H2. The quantitative estimate of drug-likeness (QED) is 0.902. The maximum atomic E-state index is 13.0. The molecule has 1 saturated carbocycles. The molecule has 2 nitrogen and oxygen atoms in total. The fraction of sp³-hybridized carbons (Fsp3) is 0.533. The van der Waals surface area contributed by atoms with Crippen LogP contribution in [0.3, 0.4) is 0 Å². The highest BCUT2D eigenvalue weighted by Gasteiger charge is 2.35. The Kier molecular flexibility index (Phi) is 4.66. The van der Waals surface area contributed by atoms with Gasteiger partial charge in [-0.3, -0.25) is 5.32 Å². The van der Waals surface area contributed by atoms with Gasteiger partial charge >= 0.3 is 6.18 Å². The highest BCUT2D eigenvalue weighted by Crippen LogP contribution is 2.34. The molecule has 1 aromatic rings. The zero-order chi connectivity index (χ0) is 14.6. The molecule has 1 aliphatic carbocycles. The molecule has 0 spiro atoms. The summed E-state index contributed by atoms with van der Waals surface area (Å²) in [6.45, 7) is 0. The second-order valence-electron chi connectivity index (χ2n) is 5.15. The van der Waals surface area contributed by atoms with Gasteiger partial charge in [0.15, 0.2) is 0 Å². The van der Waals surface area contributed by atoms with E-state index in [1.807, 2.05) is 6.07 Å². The van der Waals surface area contributed by atoms with Crippen molar-refractivity contribution >= 4 is 0 Å². The van der Waals surface area contributed by atoms with Gasteiger partial charge in [0.05, 0.1) is 11.6 Å². The van der Waals surface area contributed by atoms with E-state index in [2.05, 4.69) is 5.32 Å². The molecule has 20 heavy (non-hydrogen) atoms. The Balaban J connectivity index is 2.21. The number of hydrogen-bond donors (Lipinski definition) is 1. The molecular weight excluding hydrogens is 265 g/mol. The molecule has 5 heteroatoms. The van der Waals surface area contributed by atoms with Gasteiger partial charge in [-0.25, -0.2) is 0 Å². The van der Waals surface area contributed by atoms with E-state index in [4.69, 9.17) is 0 Å². The van der Waals surface area contributed by atoms with Crippen LogP contribution in [0.2, 0.25) is 0 Å². The van der Waals surface area contributed by atoms with Crippen LogP contribution in [0, 0.1) is 11.3 Å². The van der Waals surface area contributed by atoms with Crippen LogP contribution in [0.15, 0.2) is 24.3 Å². The van der Waals surface area contributed by atoms with Gasteiger partial charge in [-0.1, -0.05) is 37.5 Å². The van der Waals surface area contributed by atoms with Crippen LogP contribution >= 0.6 is 0 Å². The number of nitriles is 1. The van der Waals surface area contributed by atoms with Gasteiger partial charge in [0.25, 0.3) is 0 Å². The molecule has 1 fully saturated rings. The fourth-order valence-corrected chi connectivity index (χ4v) is 2.71. The molecule has 1 aromatic carbocycles. The van der Waals surface area contributed by atoms with E-state index in [1.165, 1.54) is 18.2 Å². The van der Waals surface area contributed by atoms with Crippen molar-refractivity contribution in [3.63, 3.8) is 0 Å². The summed E-state index contributed by atoms with van der Waals surface area (Å²) in [5, 5.41) is 12.3. The summed E-state index contributed by atoms with van der Waals surface area (Å²) in [6.07, 6.45) is 0.709. The average molecular weight is 282 g/mol. The van der Waals surface area contributed by atoms with Gasteiger partial charge in [0.2, 0.25) is 0 Å². The van der Waals surface area contributed by atoms with E-state index in [9.17, 15) is 18.4 Å². The molecule has 0 saturated heterocycles. The van der Waals surface area contributed by atoms with Gasteiger partial charge in [0, 0.05) is 6.04 Å². The first-order valence-corrected chi connectivity index (χ1v) is 6.84. The first-order valence-electron chi connectivity index (χ1n) is 6.84. The van der Waals surface area contributed by atoms with Crippen LogP contribution in [-0.2, 0) is 6.18 Å². The minimum atomic E-state index is -4.43. The van der Waals surface area contributed by atoms with Crippen LogP contribution in [0.4, 0.5) is 13.2 Å². The van der Waals surface area contributed by atoms with Gasteiger partial charge in [-0.2, -0.15) is 18.4 Å². The maximum Gasteiger partial charge on any atom is 0.416 e. The molecule has 1 atom stereocenters. The summed E-state index contributed by atoms with van der Waals surface area (Å²) in [7, 11) is 0. The average Bonchev–Trinajstić information content (AvgIpc) is 2.45. The number of hydrogen-bond acceptors (Lipinski definition) is 2. The molecular formula is C15H17F3N2. The third-order valence-electron chi connectivity index (χ3n) is 3.71. The van der Waals surface area contributed by atoms with Crippen molar-refractivity contribution < 1.29 is 13.2 Å². The predicted octanol–water partition coefficient (Wildman–Crippen LogP) is 4.19. The van der Waals surface area contributed by atoms with Crippen LogP contribution in [-0.4, -0.2) is 6.04 Å². The predicted molar refractivity (Wildman–Crippen MR) is 69.8 cm³/mol. The Hall–Kier alpha value is -1.54. The third kappa shape index (κ3) is 3.51. The summed E-state index contributed by atoms with van der Waals surface area (Å²) in [5.74, 6) is 0. The number of halogens is 3. The van der Waals surface area contributed by atoms with E-state index >= 15 is 0 Å². The lowest BCUT2D eigenvalue weighted by atomic mass is 9.93. The Morgan fingerprint density at radius 1 is 1.15 bits per heavy atom. The molecule has 0 heterocycles. The highest BCUT2D eigenvalue weighted by atomic mass is 19.4. The SMILES string of the molecule is N#CC(NC1CCCCC1)c1ccccc1C(F)(F)F. The third-order valence-corrected chi connectivity index (χ3v) is 3.71. The molecule has 0 radical (unpaired) electrons. The van der Waals surface area contributed by atoms with Crippen molar-refractivity contribution in [2.24, 2.45) is 0 Å². The molecule has 1 unspecified atom stereocenters. The number of benzene rings is 1. The van der Waals surface area contributed by atoms with E-state index in [1.54, 1.807) is 0 Å². The molecule has 1 aliphatic rings. The minimum absolute atomic E-state index is 0.0214. The topological polar surface area (TPSA) is 35.8 Å². The summed E-state index contributed by atoms with van der Waals surface area (Å²) in [5.41, 5.74) is -0.706. The van der Waals surface area contributed by atoms with E-state index in [-0.39, 0.29) is 11.6 Å². The summed E-state index contributed by atoms with van der Waals surface area (Å²) in [4.78, 5) is 0. The minimum Gasteiger partial charge on any atom is -0.295 e. The van der Waals surface area contributed by atoms with Crippen molar-refractivity contribution in [3.8, 4) is 6.07 Å². The van der Waals surface area contributed by atoms with E-state index in [0.29, 0.717) is 0 Å². The Labute approximate surface area is 116 Å². The lowest BCUT2D eigenvalue weighted by Crippen LogP contribution is -2.34. The summed E-state index contributed by atoms with van der Waals surface area (Å²) >= 11 is 0. The van der Waals surface area contributed by atoms with Gasteiger partial charge in [-0.05, 0) is 24.5 Å². The lowest BCUT2D eigenvalue weighted by Gasteiger charge is -2.26. The maximum absolute atomic E-state index is 13.0. The van der Waals surface area contributed by atoms with Crippen molar-refractivity contribution in [1.82, 2.24) is 5.32 Å². The van der Waals surface area contributed by atoms with Crippen LogP contribution < -0.4 is 5.32 Å². The first kappa shape index (κ1) is 14.9. The molecule has 0 amide bonds. The monoisotopic (exact) mass is 282 g/mol. The normalized spacial score (nSPS) is 18.5. The number of nitrogens with one attached hydrogen (secondary N) is 1. The van der Waals surface area contributed by atoms with Crippen molar-refractivity contribution in [1.29, 1.82) is 5.26 Å². The molecule has 0 aromatic heterocycles. The van der Waals surface area contributed by atoms with Crippen molar-refractivity contribution in [2.75, 3.05) is 0 Å². The lowest BCUT2D eigenvalue weighted by molar-refractivity contribution is -0.138. The van der Waals surface area contributed by atoms with Gasteiger partial charge < -0.3 is 0 Å². The second-order valence-corrected chi connectivity index (χ2v) is 5.15. The Morgan fingerprint density at radius 2 is 1.80 bits per heavy atom. The summed E-state index contributed by atoms with van der Waals surface area (Å²) < 4.78 is 39.0. The van der Waals surface area contributed by atoms with Crippen LogP contribution in [0.5, 0.6) is 0 Å². The number of alkyl halides is 3. The Morgan fingerprint density at radius 3 is 2.40 bits per heavy atom. The van der Waals surface area contributed by atoms with E-state index in [0.717, 1.165) is 38.2 Å². The Bertz CT molecular complexity index is 485. The second kappa shape index (κ2) is 6.27. The number of rotatable bonds is 3. The fourth-order valence-electron chi connectivity index (χ4n) is 2.71. The molecule has 0 aliphatic heterocycles. The van der Waals surface area contributed by atoms with E-state index < -0.39 is 17.8 Å². The van der Waals surface area contributed by atoms with Crippen LogP contribution in [0.1, 0.15) is 49.3 Å². The first-order chi connectivity index (χ1) is 9.52. The molecule has 2 rings (SSSR count). The van der Waals surface area contributed by atoms with Gasteiger partial charge in [0.1, 0.15) is 6.04 Å². The van der Waals surface area contributed by atoms with Crippen LogP contribution in [0.25, 0.3) is 0 Å². The molecule has 108 valence electrons. The zero-order valence-electron chi connectivity index (χ0n) is 11.1. The highest BCUT2D eigenvalue weighted by molar-refractivity contribution is 5.35. The summed E-state index contributed by atoms with van der Waals surface area (Å²) in [6, 6.07) is 6.49. The molecule has 0 bridgehead atoms. The van der Waals surface area contributed by atoms with Crippen molar-refractivity contribution in [3.05, 3.63) is 35.4 Å².